The number of carbonyl (C=O) groups is 1. The van der Waals surface area contributed by atoms with Gasteiger partial charge in [-0.2, -0.15) is 0 Å². The number of hydrogen-bond donors (Lipinski definition) is 6. The lowest BCUT2D eigenvalue weighted by Crippen LogP contribution is -2.41. The minimum Gasteiger partial charge on any atom is -0.507 e. The third-order valence-electron chi connectivity index (χ3n) is 7.92. The Labute approximate surface area is 320 Å². The summed E-state index contributed by atoms with van der Waals surface area (Å²) in [7, 11) is 0. The predicted octanol–water partition coefficient (Wildman–Crippen LogP) is 7.29. The lowest BCUT2D eigenvalue weighted by Gasteiger charge is -2.23. The van der Waals surface area contributed by atoms with E-state index in [0.717, 1.165) is 12.7 Å². The maximum atomic E-state index is 12.4. The number of carboxylic acids is 1. The zero-order valence-electron chi connectivity index (χ0n) is 25.2. The van der Waals surface area contributed by atoms with Crippen LogP contribution in [0.4, 0.5) is 0 Å². The molecule has 2 aliphatic rings. The van der Waals surface area contributed by atoms with Gasteiger partial charge in [-0.15, -0.1) is 0 Å². The molecule has 1 aliphatic heterocycles. The summed E-state index contributed by atoms with van der Waals surface area (Å²) in [5, 5.41) is 55.3. The molecule has 13 heteroatoms. The van der Waals surface area contributed by atoms with Crippen LogP contribution in [0, 0.1) is 10.7 Å². The highest BCUT2D eigenvalue weighted by Gasteiger charge is 2.25. The summed E-state index contributed by atoms with van der Waals surface area (Å²) in [4.78, 5) is 24.6. The van der Waals surface area contributed by atoms with Crippen molar-refractivity contribution in [2.75, 3.05) is 0 Å². The lowest BCUT2D eigenvalue weighted by molar-refractivity contribution is -0.0671. The molecule has 0 saturated heterocycles. The lowest BCUT2D eigenvalue weighted by atomic mass is 9.90. The number of hydrogen-bond acceptors (Lipinski definition) is 9. The predicted molar refractivity (Wildman–Crippen MR) is 208 cm³/mol. The average Bonchev–Trinajstić information content (AvgIpc) is 3.05. The van der Waals surface area contributed by atoms with Crippen molar-refractivity contribution in [1.29, 1.82) is 0 Å². The molecule has 1 atom stereocenters. The average molecular weight is 997 g/mol. The van der Waals surface area contributed by atoms with Gasteiger partial charge in [0.15, 0.2) is 17.5 Å². The van der Waals surface area contributed by atoms with Gasteiger partial charge in [-0.25, -0.2) is 4.79 Å². The Morgan fingerprint density at radius 1 is 0.837 bits per heavy atom. The number of aliphatic hydroxyl groups is 2. The molecule has 49 heavy (non-hydrogen) atoms. The van der Waals surface area contributed by atoms with Gasteiger partial charge in [0.05, 0.1) is 27.9 Å². The van der Waals surface area contributed by atoms with Crippen molar-refractivity contribution in [3.05, 3.63) is 123 Å². The third-order valence-corrected chi connectivity index (χ3v) is 10.4. The molecule has 4 aromatic rings. The number of aromatic hydroxyl groups is 2. The minimum absolute atomic E-state index is 0.0530. The number of phenols is 2. The van der Waals surface area contributed by atoms with E-state index in [0.29, 0.717) is 37.1 Å². The third kappa shape index (κ3) is 7.51. The number of aliphatic hydroxyl groups excluding tert-OH is 1. The molecule has 0 bridgehead atoms. The number of benzene rings is 5. The Kier molecular flexibility index (Phi) is 10.7. The van der Waals surface area contributed by atoms with Gasteiger partial charge in [-0.3, -0.25) is 4.79 Å². The summed E-state index contributed by atoms with van der Waals surface area (Å²) in [6.45, 7) is -0.0631. The molecule has 10 nitrogen and oxygen atoms in total. The number of halogens is 3. The van der Waals surface area contributed by atoms with Gasteiger partial charge in [-0.05, 0) is 146 Å². The summed E-state index contributed by atoms with van der Waals surface area (Å²) in [5.74, 6) is 0.279. The molecule has 0 spiro atoms. The van der Waals surface area contributed by atoms with Crippen LogP contribution in [0.25, 0.3) is 33.4 Å². The molecule has 6 rings (SSSR count). The fourth-order valence-electron chi connectivity index (χ4n) is 5.59. The maximum absolute atomic E-state index is 12.4. The second kappa shape index (κ2) is 14.8. The van der Waals surface area contributed by atoms with Gasteiger partial charge in [0.1, 0.15) is 28.6 Å². The number of carboxylic acid groups (broad SMARTS) is 1. The van der Waals surface area contributed by atoms with Gasteiger partial charge in [0.25, 0.3) is 0 Å². The number of ether oxygens (including phenoxy) is 1. The minimum atomic E-state index is -1.78. The molecular weight excluding hydrogens is 971 g/mol. The number of rotatable bonds is 10. The zero-order valence-corrected chi connectivity index (χ0v) is 31.6. The second-order valence-corrected chi connectivity index (χ2v) is 14.6. The van der Waals surface area contributed by atoms with Crippen LogP contribution < -0.4 is 15.5 Å². The summed E-state index contributed by atoms with van der Waals surface area (Å²) < 4.78 is 14.6. The van der Waals surface area contributed by atoms with Gasteiger partial charge in [0, 0.05) is 29.1 Å². The molecule has 4 aromatic carbocycles. The van der Waals surface area contributed by atoms with Crippen molar-refractivity contribution in [2.24, 2.45) is 0 Å². The maximum Gasteiger partial charge on any atom is 0.336 e. The van der Waals surface area contributed by atoms with E-state index in [2.05, 4.69) is 50.5 Å². The van der Waals surface area contributed by atoms with Crippen molar-refractivity contribution >= 4 is 84.7 Å². The van der Waals surface area contributed by atoms with Gasteiger partial charge < -0.3 is 40.0 Å². The first-order valence-corrected chi connectivity index (χ1v) is 17.9. The topological polar surface area (TPSA) is 170 Å². The van der Waals surface area contributed by atoms with Crippen molar-refractivity contribution in [1.82, 2.24) is 5.32 Å². The summed E-state index contributed by atoms with van der Waals surface area (Å²) in [5.41, 5.74) is 2.47. The first kappa shape index (κ1) is 35.3. The summed E-state index contributed by atoms with van der Waals surface area (Å²) in [6.07, 6.45) is -1.58. The van der Waals surface area contributed by atoms with Crippen molar-refractivity contribution in [3.63, 3.8) is 0 Å². The zero-order chi connectivity index (χ0) is 35.0. The standard InChI is InChI=1S/C36H26I3NO9/c37-25-15-19(6-9-30(25)43)48-34-26(38)11-17(12-27(34)39)13-28(36(46)47)40-16-24-29(42)10-8-23-32(20-3-1-2-4-21(20)35(44)45)22-7-5-18(41)14-31(22)49-33(23)24/h1-12,14-15,28,36,40,42-43,46-47H,13,16H2,(H,44,45). The molecule has 0 fully saturated rings. The SMILES string of the molecule is O=C(O)c1ccccc1-c1c2ccc(=O)cc-2oc2c(CNC(Cc3cc(I)c(Oc4ccc(O)c(I)c4)c(I)c3)C(O)O)c(O)ccc12. The summed E-state index contributed by atoms with van der Waals surface area (Å²) in [6, 6.07) is 21.7. The molecule has 0 aromatic heterocycles. The molecular formula is C36H26I3NO9. The van der Waals surface area contributed by atoms with E-state index in [4.69, 9.17) is 9.15 Å². The highest BCUT2D eigenvalue weighted by Crippen LogP contribution is 2.43. The first-order chi connectivity index (χ1) is 23.4. The summed E-state index contributed by atoms with van der Waals surface area (Å²) >= 11 is 6.33. The van der Waals surface area contributed by atoms with Crippen LogP contribution in [0.3, 0.4) is 0 Å². The van der Waals surface area contributed by atoms with Gasteiger partial charge >= 0.3 is 5.97 Å². The highest BCUT2D eigenvalue weighted by atomic mass is 127. The number of aromatic carboxylic acids is 1. The van der Waals surface area contributed by atoms with Crippen LogP contribution >= 0.6 is 67.8 Å². The van der Waals surface area contributed by atoms with Crippen LogP contribution in [-0.4, -0.2) is 43.8 Å². The van der Waals surface area contributed by atoms with Crippen molar-refractivity contribution in [2.45, 2.75) is 25.3 Å². The van der Waals surface area contributed by atoms with E-state index >= 15 is 0 Å². The van der Waals surface area contributed by atoms with Crippen LogP contribution in [0.5, 0.6) is 23.0 Å². The van der Waals surface area contributed by atoms with Crippen LogP contribution in [-0.2, 0) is 13.0 Å². The van der Waals surface area contributed by atoms with Crippen molar-refractivity contribution in [3.8, 4) is 45.4 Å². The van der Waals surface area contributed by atoms with Gasteiger partial charge in [0.2, 0.25) is 0 Å². The first-order valence-electron chi connectivity index (χ1n) is 14.7. The fraction of sp³-hybridized carbons (Fsp3) is 0.111. The van der Waals surface area contributed by atoms with E-state index in [1.54, 1.807) is 48.5 Å². The number of fused-ring (bicyclic) bond motifs is 2. The largest absolute Gasteiger partial charge is 0.507 e. The van der Waals surface area contributed by atoms with E-state index in [1.165, 1.54) is 24.3 Å². The van der Waals surface area contributed by atoms with Crippen LogP contribution in [0.2, 0.25) is 0 Å². The Bertz CT molecular complexity index is 2230. The second-order valence-electron chi connectivity index (χ2n) is 11.1. The molecule has 250 valence electrons. The fourth-order valence-corrected chi connectivity index (χ4v) is 8.20. The number of nitrogens with one attached hydrogen (secondary N) is 1. The highest BCUT2D eigenvalue weighted by molar-refractivity contribution is 14.1. The molecule has 0 amide bonds. The smallest absolute Gasteiger partial charge is 0.336 e. The monoisotopic (exact) mass is 997 g/mol. The van der Waals surface area contributed by atoms with Crippen LogP contribution in [0.15, 0.2) is 94.1 Å². The van der Waals surface area contributed by atoms with Gasteiger partial charge in [-0.1, -0.05) is 18.2 Å². The number of phenolic OH excluding ortho intramolecular Hbond substituents is 2. The molecule has 1 aliphatic carbocycles. The van der Waals surface area contributed by atoms with E-state index < -0.39 is 18.3 Å². The van der Waals surface area contributed by atoms with Crippen LogP contribution in [0.1, 0.15) is 21.5 Å². The van der Waals surface area contributed by atoms with E-state index in [-0.39, 0.29) is 52.4 Å². The Hall–Kier alpha value is -3.49. The molecule has 1 heterocycles. The van der Waals surface area contributed by atoms with E-state index in [1.807, 2.05) is 34.7 Å². The molecule has 6 N–H and O–H groups in total. The quantitative estimate of drug-likeness (QED) is 0.0466. The van der Waals surface area contributed by atoms with Crippen molar-refractivity contribution < 1.29 is 39.5 Å². The Morgan fingerprint density at radius 2 is 1.55 bits per heavy atom. The Morgan fingerprint density at radius 3 is 2.24 bits per heavy atom. The molecule has 0 saturated carbocycles. The Balaban J connectivity index is 1.35. The molecule has 1 unspecified atom stereocenters. The normalized spacial score (nSPS) is 12.1. The van der Waals surface area contributed by atoms with E-state index in [9.17, 15) is 35.1 Å². The molecule has 0 radical (unpaired) electrons.